The predicted octanol–water partition coefficient (Wildman–Crippen LogP) is 5.76. The summed E-state index contributed by atoms with van der Waals surface area (Å²) in [6, 6.07) is 0. The second kappa shape index (κ2) is 17.8. The molecule has 0 aliphatic carbocycles. The Bertz CT molecular complexity index is 730. The maximum atomic E-state index is 11.0. The number of nitrogens with zero attached hydrogens (tertiary/aromatic N) is 2. The monoisotopic (exact) mass is 418 g/mol. The lowest BCUT2D eigenvalue weighted by Crippen LogP contribution is -2.02. The summed E-state index contributed by atoms with van der Waals surface area (Å²) < 4.78 is 0. The molecule has 30 heavy (non-hydrogen) atoms. The van der Waals surface area contributed by atoms with Gasteiger partial charge in [-0.05, 0) is 44.3 Å². The fourth-order valence-electron chi connectivity index (χ4n) is 2.25. The highest BCUT2D eigenvalue weighted by atomic mass is 16.6. The van der Waals surface area contributed by atoms with E-state index in [1.54, 1.807) is 18.2 Å². The lowest BCUT2D eigenvalue weighted by molar-refractivity contribution is -0.428. The summed E-state index contributed by atoms with van der Waals surface area (Å²) >= 11 is 0. The number of aliphatic carboxylic acids is 1. The van der Waals surface area contributed by atoms with Gasteiger partial charge in [-0.15, -0.1) is 0 Å². The molecule has 8 nitrogen and oxygen atoms in total. The van der Waals surface area contributed by atoms with Gasteiger partial charge in [-0.1, -0.05) is 55.5 Å². The molecule has 0 fully saturated rings. The van der Waals surface area contributed by atoms with Crippen molar-refractivity contribution in [3.63, 3.8) is 0 Å². The highest BCUT2D eigenvalue weighted by Crippen LogP contribution is 2.08. The van der Waals surface area contributed by atoms with Crippen LogP contribution in [0, 0.1) is 20.2 Å². The number of allylic oxidation sites excluding steroid dienone is 11. The lowest BCUT2D eigenvalue weighted by atomic mass is 10.2. The molecule has 0 saturated heterocycles. The van der Waals surface area contributed by atoms with Gasteiger partial charge in [-0.2, -0.15) is 0 Å². The third-order valence-corrected chi connectivity index (χ3v) is 3.82. The molecule has 164 valence electrons. The van der Waals surface area contributed by atoms with Crippen LogP contribution in [0.3, 0.4) is 0 Å². The largest absolute Gasteiger partial charge is 0.481 e. The van der Waals surface area contributed by atoms with Crippen molar-refractivity contribution < 1.29 is 19.7 Å². The Morgan fingerprint density at radius 2 is 1.20 bits per heavy atom. The maximum absolute atomic E-state index is 11.0. The third kappa shape index (κ3) is 15.7. The first-order valence-electron chi connectivity index (χ1n) is 9.87. The standard InChI is InChI=1S/C22H30N2O6/c1-2-3-4-12-15-20(23(27)28)16-13-10-8-6-5-7-9-11-14-17-21(24(29)30)18-19-22(25)26/h3-6,9-11,13,15,17H,2,7-8,12,14,16,18-19H2,1H3,(H,25,26)/b4-3+,6-5+,11-9+,13-10+,20-15-,21-17-. The topological polar surface area (TPSA) is 124 Å². The van der Waals surface area contributed by atoms with Crippen molar-refractivity contribution in [3.8, 4) is 0 Å². The van der Waals surface area contributed by atoms with E-state index < -0.39 is 10.9 Å². The summed E-state index contributed by atoms with van der Waals surface area (Å²) in [5.74, 6) is -1.06. The van der Waals surface area contributed by atoms with Gasteiger partial charge in [0.2, 0.25) is 11.4 Å². The molecular formula is C22H30N2O6. The normalized spacial score (nSPS) is 13.2. The molecule has 8 heteroatoms. The number of hydrogen-bond donors (Lipinski definition) is 1. The zero-order valence-corrected chi connectivity index (χ0v) is 17.3. The molecule has 0 unspecified atom stereocenters. The number of carboxylic acids is 1. The summed E-state index contributed by atoms with van der Waals surface area (Å²) in [5.41, 5.74) is 0.0941. The molecule has 0 atom stereocenters. The Morgan fingerprint density at radius 1 is 0.733 bits per heavy atom. The summed E-state index contributed by atoms with van der Waals surface area (Å²) in [6.07, 6.45) is 21.2. The molecule has 0 aliphatic heterocycles. The number of carbonyl (C=O) groups is 1. The van der Waals surface area contributed by atoms with Gasteiger partial charge in [-0.25, -0.2) is 0 Å². The van der Waals surface area contributed by atoms with Gasteiger partial charge in [0.1, 0.15) is 0 Å². The first kappa shape index (κ1) is 26.7. The Labute approximate surface area is 177 Å². The van der Waals surface area contributed by atoms with E-state index >= 15 is 0 Å². The van der Waals surface area contributed by atoms with E-state index in [4.69, 9.17) is 5.11 Å². The predicted molar refractivity (Wildman–Crippen MR) is 117 cm³/mol. The van der Waals surface area contributed by atoms with E-state index in [2.05, 4.69) is 0 Å². The quantitative estimate of drug-likeness (QED) is 0.193. The number of rotatable bonds is 16. The second-order valence-corrected chi connectivity index (χ2v) is 6.24. The fourth-order valence-corrected chi connectivity index (χ4v) is 2.25. The highest BCUT2D eigenvalue weighted by Gasteiger charge is 2.11. The van der Waals surface area contributed by atoms with Gasteiger partial charge >= 0.3 is 5.97 Å². The smallest absolute Gasteiger partial charge is 0.303 e. The van der Waals surface area contributed by atoms with Crippen LogP contribution in [0.25, 0.3) is 0 Å². The van der Waals surface area contributed by atoms with Gasteiger partial charge in [-0.3, -0.25) is 25.0 Å². The molecule has 0 aromatic carbocycles. The highest BCUT2D eigenvalue weighted by molar-refractivity contribution is 5.66. The van der Waals surface area contributed by atoms with Gasteiger partial charge in [0.25, 0.3) is 0 Å². The van der Waals surface area contributed by atoms with Crippen molar-refractivity contribution in [1.29, 1.82) is 0 Å². The average molecular weight is 418 g/mol. The lowest BCUT2D eigenvalue weighted by Gasteiger charge is -1.95. The molecule has 1 N–H and O–H groups in total. The van der Waals surface area contributed by atoms with E-state index in [0.29, 0.717) is 25.7 Å². The van der Waals surface area contributed by atoms with Crippen LogP contribution < -0.4 is 0 Å². The van der Waals surface area contributed by atoms with Gasteiger partial charge < -0.3 is 5.11 Å². The molecule has 0 aliphatic rings. The Kier molecular flexibility index (Phi) is 15.8. The molecule has 0 amide bonds. The number of carboxylic acid groups (broad SMARTS) is 1. The van der Waals surface area contributed by atoms with E-state index in [1.165, 1.54) is 6.08 Å². The molecule has 0 aromatic rings. The molecule has 0 radical (unpaired) electrons. The van der Waals surface area contributed by atoms with E-state index in [-0.39, 0.29) is 35.6 Å². The van der Waals surface area contributed by atoms with Crippen molar-refractivity contribution >= 4 is 5.97 Å². The SMILES string of the molecule is CC/C=C/C/C=C(/C/C=C/C/C=C/C/C=C/C/C=C(/CCC(=O)O)[N+](=O)[O-])[N+](=O)[O-]. The first-order chi connectivity index (χ1) is 14.4. The van der Waals surface area contributed by atoms with Crippen molar-refractivity contribution in [2.75, 3.05) is 0 Å². The molecule has 0 bridgehead atoms. The van der Waals surface area contributed by atoms with Crippen LogP contribution in [0.15, 0.2) is 72.2 Å². The van der Waals surface area contributed by atoms with E-state index in [9.17, 15) is 25.0 Å². The number of hydrogen-bond acceptors (Lipinski definition) is 5. The first-order valence-corrected chi connectivity index (χ1v) is 9.87. The molecule has 0 heterocycles. The second-order valence-electron chi connectivity index (χ2n) is 6.24. The van der Waals surface area contributed by atoms with Crippen LogP contribution in [0.1, 0.15) is 58.3 Å². The summed E-state index contributed by atoms with van der Waals surface area (Å²) in [6.45, 7) is 2.01. The summed E-state index contributed by atoms with van der Waals surface area (Å²) in [7, 11) is 0. The molecular weight excluding hydrogens is 388 g/mol. The molecule has 0 saturated carbocycles. The van der Waals surface area contributed by atoms with E-state index in [1.807, 2.05) is 43.4 Å². The van der Waals surface area contributed by atoms with Gasteiger partial charge in [0.15, 0.2) is 0 Å². The van der Waals surface area contributed by atoms with Crippen molar-refractivity contribution in [1.82, 2.24) is 0 Å². The van der Waals surface area contributed by atoms with Crippen LogP contribution >= 0.6 is 0 Å². The zero-order valence-electron chi connectivity index (χ0n) is 17.3. The van der Waals surface area contributed by atoms with Crippen LogP contribution in [-0.4, -0.2) is 20.9 Å². The minimum absolute atomic E-state index is 0.0905. The molecule has 0 spiro atoms. The number of nitro groups is 2. The Morgan fingerprint density at radius 3 is 1.70 bits per heavy atom. The Hall–Kier alpha value is -3.29. The van der Waals surface area contributed by atoms with Crippen LogP contribution in [0.5, 0.6) is 0 Å². The van der Waals surface area contributed by atoms with Crippen LogP contribution in [0.2, 0.25) is 0 Å². The molecule has 0 aromatic heterocycles. The van der Waals surface area contributed by atoms with Crippen LogP contribution in [-0.2, 0) is 4.79 Å². The fraction of sp³-hybridized carbons (Fsp3) is 0.409. The van der Waals surface area contributed by atoms with Gasteiger partial charge in [0.05, 0.1) is 22.7 Å². The third-order valence-electron chi connectivity index (χ3n) is 3.82. The summed E-state index contributed by atoms with van der Waals surface area (Å²) in [5, 5.41) is 30.4. The Balaban J connectivity index is 4.23. The van der Waals surface area contributed by atoms with Gasteiger partial charge in [0, 0.05) is 6.42 Å². The zero-order chi connectivity index (χ0) is 22.6. The van der Waals surface area contributed by atoms with Crippen molar-refractivity contribution in [2.45, 2.75) is 58.3 Å². The molecule has 0 rings (SSSR count). The van der Waals surface area contributed by atoms with Crippen molar-refractivity contribution in [3.05, 3.63) is 92.4 Å². The average Bonchev–Trinajstić information content (AvgIpc) is 2.69. The summed E-state index contributed by atoms with van der Waals surface area (Å²) in [4.78, 5) is 31.4. The minimum Gasteiger partial charge on any atom is -0.481 e. The van der Waals surface area contributed by atoms with Crippen LogP contribution in [0.4, 0.5) is 0 Å². The van der Waals surface area contributed by atoms with Crippen molar-refractivity contribution in [2.24, 2.45) is 0 Å². The van der Waals surface area contributed by atoms with E-state index in [0.717, 1.165) is 6.42 Å². The minimum atomic E-state index is -1.06. The maximum Gasteiger partial charge on any atom is 0.303 e.